The SMILES string of the molecule is CCc1ccc(C(=O)NC2CCCCC2C(=O)O)s1. The number of amides is 1. The molecule has 0 aliphatic heterocycles. The number of aryl methyl sites for hydroxylation is 1. The Kier molecular flexibility index (Phi) is 4.58. The fourth-order valence-electron chi connectivity index (χ4n) is 2.53. The summed E-state index contributed by atoms with van der Waals surface area (Å²) in [5, 5.41) is 12.1. The lowest BCUT2D eigenvalue weighted by molar-refractivity contribution is -0.143. The van der Waals surface area contributed by atoms with Crippen LogP contribution in [0.4, 0.5) is 0 Å². The summed E-state index contributed by atoms with van der Waals surface area (Å²) in [6, 6.07) is 3.54. The van der Waals surface area contributed by atoms with Crippen LogP contribution >= 0.6 is 11.3 Å². The molecule has 1 fully saturated rings. The molecule has 0 aromatic carbocycles. The normalized spacial score (nSPS) is 23.0. The molecule has 0 saturated heterocycles. The van der Waals surface area contributed by atoms with Crippen molar-refractivity contribution in [3.05, 3.63) is 21.9 Å². The molecule has 2 N–H and O–H groups in total. The van der Waals surface area contributed by atoms with Crippen LogP contribution in [0.2, 0.25) is 0 Å². The summed E-state index contributed by atoms with van der Waals surface area (Å²) in [7, 11) is 0. The first-order valence-electron chi connectivity index (χ1n) is 6.74. The van der Waals surface area contributed by atoms with Gasteiger partial charge in [0.15, 0.2) is 0 Å². The highest BCUT2D eigenvalue weighted by molar-refractivity contribution is 7.14. The minimum Gasteiger partial charge on any atom is -0.481 e. The minimum atomic E-state index is -0.801. The smallest absolute Gasteiger partial charge is 0.308 e. The van der Waals surface area contributed by atoms with E-state index in [4.69, 9.17) is 0 Å². The van der Waals surface area contributed by atoms with Crippen molar-refractivity contribution in [3.8, 4) is 0 Å². The average molecular weight is 281 g/mol. The Morgan fingerprint density at radius 3 is 2.74 bits per heavy atom. The number of carboxylic acids is 1. The predicted octanol–water partition coefficient (Wildman–Crippen LogP) is 2.68. The van der Waals surface area contributed by atoms with Crippen LogP contribution in [0.25, 0.3) is 0 Å². The summed E-state index contributed by atoms with van der Waals surface area (Å²) in [4.78, 5) is 25.1. The zero-order valence-electron chi connectivity index (χ0n) is 11.0. The van der Waals surface area contributed by atoms with E-state index in [-0.39, 0.29) is 11.9 Å². The summed E-state index contributed by atoms with van der Waals surface area (Å²) in [5.41, 5.74) is 0. The number of carboxylic acid groups (broad SMARTS) is 1. The van der Waals surface area contributed by atoms with Crippen LogP contribution in [0.1, 0.15) is 47.2 Å². The van der Waals surface area contributed by atoms with Crippen molar-refractivity contribution in [2.24, 2.45) is 5.92 Å². The van der Waals surface area contributed by atoms with Crippen LogP contribution in [0.15, 0.2) is 12.1 Å². The molecule has 1 amide bonds. The van der Waals surface area contributed by atoms with Gasteiger partial charge in [-0.2, -0.15) is 0 Å². The zero-order chi connectivity index (χ0) is 13.8. The fraction of sp³-hybridized carbons (Fsp3) is 0.571. The Balaban J connectivity index is 2.02. The summed E-state index contributed by atoms with van der Waals surface area (Å²) in [5.74, 6) is -1.38. The van der Waals surface area contributed by atoms with Gasteiger partial charge in [0.25, 0.3) is 5.91 Å². The Morgan fingerprint density at radius 2 is 2.11 bits per heavy atom. The highest BCUT2D eigenvalue weighted by atomic mass is 32.1. The van der Waals surface area contributed by atoms with Crippen molar-refractivity contribution in [2.45, 2.75) is 45.1 Å². The molecular formula is C14H19NO3S. The first kappa shape index (κ1) is 14.1. The topological polar surface area (TPSA) is 66.4 Å². The lowest BCUT2D eigenvalue weighted by Gasteiger charge is -2.29. The van der Waals surface area contributed by atoms with Crippen LogP contribution in [-0.4, -0.2) is 23.0 Å². The van der Waals surface area contributed by atoms with Crippen molar-refractivity contribution in [1.82, 2.24) is 5.32 Å². The summed E-state index contributed by atoms with van der Waals surface area (Å²) in [6.45, 7) is 2.05. The second-order valence-electron chi connectivity index (χ2n) is 4.93. The van der Waals surface area contributed by atoms with Gasteiger partial charge in [0.05, 0.1) is 10.8 Å². The monoisotopic (exact) mass is 281 g/mol. The Hall–Kier alpha value is -1.36. The molecule has 1 aliphatic rings. The number of aliphatic carboxylic acids is 1. The van der Waals surface area contributed by atoms with Crippen molar-refractivity contribution < 1.29 is 14.7 Å². The first-order chi connectivity index (χ1) is 9.11. The molecule has 0 bridgehead atoms. The van der Waals surface area contributed by atoms with Crippen LogP contribution < -0.4 is 5.32 Å². The third-order valence-corrected chi connectivity index (χ3v) is 4.86. The maximum atomic E-state index is 12.1. The van der Waals surface area contributed by atoms with Gasteiger partial charge in [-0.05, 0) is 31.4 Å². The molecule has 0 spiro atoms. The van der Waals surface area contributed by atoms with Gasteiger partial charge in [-0.25, -0.2) is 0 Å². The lowest BCUT2D eigenvalue weighted by atomic mass is 9.84. The molecule has 4 nitrogen and oxygen atoms in total. The second kappa shape index (κ2) is 6.19. The van der Waals surface area contributed by atoms with Crippen LogP contribution in [0, 0.1) is 5.92 Å². The molecule has 2 atom stereocenters. The van der Waals surface area contributed by atoms with Gasteiger partial charge < -0.3 is 10.4 Å². The van der Waals surface area contributed by atoms with Gasteiger partial charge in [0.2, 0.25) is 0 Å². The maximum Gasteiger partial charge on any atom is 0.308 e. The van der Waals surface area contributed by atoms with Gasteiger partial charge in [-0.3, -0.25) is 9.59 Å². The number of thiophene rings is 1. The number of rotatable bonds is 4. The standard InChI is InChI=1S/C14H19NO3S/c1-2-9-7-8-12(19-9)13(16)15-11-6-4-3-5-10(11)14(17)18/h7-8,10-11H,2-6H2,1H3,(H,15,16)(H,17,18). The molecular weight excluding hydrogens is 262 g/mol. The number of carbonyl (C=O) groups is 2. The van der Waals surface area contributed by atoms with Gasteiger partial charge in [0, 0.05) is 10.9 Å². The van der Waals surface area contributed by atoms with Crippen molar-refractivity contribution in [1.29, 1.82) is 0 Å². The number of carbonyl (C=O) groups excluding carboxylic acids is 1. The number of hydrogen-bond donors (Lipinski definition) is 2. The van der Waals surface area contributed by atoms with E-state index in [0.717, 1.165) is 25.7 Å². The molecule has 2 unspecified atom stereocenters. The predicted molar refractivity (Wildman–Crippen MR) is 74.5 cm³/mol. The molecule has 5 heteroatoms. The van der Waals surface area contributed by atoms with Crippen LogP contribution in [0.5, 0.6) is 0 Å². The van der Waals surface area contributed by atoms with Crippen molar-refractivity contribution in [3.63, 3.8) is 0 Å². The molecule has 0 radical (unpaired) electrons. The van der Waals surface area contributed by atoms with E-state index in [0.29, 0.717) is 11.3 Å². The third-order valence-electron chi connectivity index (χ3n) is 3.63. The first-order valence-corrected chi connectivity index (χ1v) is 7.56. The Morgan fingerprint density at radius 1 is 1.37 bits per heavy atom. The minimum absolute atomic E-state index is 0.136. The number of hydrogen-bond acceptors (Lipinski definition) is 3. The van der Waals surface area contributed by atoms with Crippen molar-refractivity contribution >= 4 is 23.2 Å². The van der Waals surface area contributed by atoms with Gasteiger partial charge in [-0.1, -0.05) is 19.8 Å². The van der Waals surface area contributed by atoms with E-state index in [1.807, 2.05) is 12.1 Å². The molecule has 104 valence electrons. The van der Waals surface area contributed by atoms with Crippen LogP contribution in [0.3, 0.4) is 0 Å². The Bertz CT molecular complexity index is 469. The lowest BCUT2D eigenvalue weighted by Crippen LogP contribution is -2.44. The third kappa shape index (κ3) is 3.35. The van der Waals surface area contributed by atoms with Gasteiger partial charge in [-0.15, -0.1) is 11.3 Å². The van der Waals surface area contributed by atoms with E-state index in [9.17, 15) is 14.7 Å². The average Bonchev–Trinajstić information content (AvgIpc) is 2.88. The van der Waals surface area contributed by atoms with Crippen molar-refractivity contribution in [2.75, 3.05) is 0 Å². The molecule has 1 aliphatic carbocycles. The molecule has 1 aromatic heterocycles. The van der Waals surface area contributed by atoms with E-state index in [1.165, 1.54) is 16.2 Å². The Labute approximate surface area is 116 Å². The van der Waals surface area contributed by atoms with E-state index >= 15 is 0 Å². The molecule has 2 rings (SSSR count). The summed E-state index contributed by atoms with van der Waals surface area (Å²) < 4.78 is 0. The molecule has 1 aromatic rings. The van der Waals surface area contributed by atoms with Gasteiger partial charge in [0.1, 0.15) is 0 Å². The second-order valence-corrected chi connectivity index (χ2v) is 6.10. The largest absolute Gasteiger partial charge is 0.481 e. The molecule has 1 heterocycles. The highest BCUT2D eigenvalue weighted by Gasteiger charge is 2.32. The van der Waals surface area contributed by atoms with Crippen LogP contribution in [-0.2, 0) is 11.2 Å². The van der Waals surface area contributed by atoms with Gasteiger partial charge >= 0.3 is 5.97 Å². The summed E-state index contributed by atoms with van der Waals surface area (Å²) >= 11 is 1.48. The van der Waals surface area contributed by atoms with E-state index in [1.54, 1.807) is 0 Å². The molecule has 19 heavy (non-hydrogen) atoms. The number of nitrogens with one attached hydrogen (secondary N) is 1. The highest BCUT2D eigenvalue weighted by Crippen LogP contribution is 2.25. The summed E-state index contributed by atoms with van der Waals surface area (Å²) in [6.07, 6.45) is 4.25. The van der Waals surface area contributed by atoms with E-state index in [2.05, 4.69) is 12.2 Å². The maximum absolute atomic E-state index is 12.1. The fourth-order valence-corrected chi connectivity index (χ4v) is 3.38. The quantitative estimate of drug-likeness (QED) is 0.891. The molecule has 1 saturated carbocycles. The zero-order valence-corrected chi connectivity index (χ0v) is 11.8. The van der Waals surface area contributed by atoms with E-state index < -0.39 is 11.9 Å².